The molecule has 804 valence electrons. The summed E-state index contributed by atoms with van der Waals surface area (Å²) in [4.78, 5) is 117. The van der Waals surface area contributed by atoms with Crippen molar-refractivity contribution in [1.29, 1.82) is 0 Å². The Bertz CT molecular complexity index is 4380. The number of hydrogen-bond donors (Lipinski definition) is 4. The van der Waals surface area contributed by atoms with Gasteiger partial charge >= 0.3 is 79.4 Å². The molecule has 0 radical (unpaired) electrons. The predicted octanol–water partition coefficient (Wildman–Crippen LogP) is 22.2. The average molecular weight is 2080 g/mol. The number of ether oxygens (including phenoxy) is 7. The first-order valence-electron chi connectivity index (χ1n) is 44.1. The van der Waals surface area contributed by atoms with Crippen LogP contribution in [0.3, 0.4) is 0 Å². The Kier molecular flexibility index (Phi) is 66.0. The maximum Gasteiger partial charge on any atom is 0.450 e. The number of esters is 3. The number of imide groups is 3. The number of rotatable bonds is 35. The zero-order valence-electron chi connectivity index (χ0n) is 80.1. The van der Waals surface area contributed by atoms with E-state index in [2.05, 4.69) is 60.6 Å². The maximum atomic E-state index is 12.9. The van der Waals surface area contributed by atoms with Gasteiger partial charge in [-0.25, -0.2) is 33.9 Å². The van der Waals surface area contributed by atoms with Crippen molar-refractivity contribution < 1.29 is 194 Å². The van der Waals surface area contributed by atoms with E-state index in [1.54, 1.807) is 32.9 Å². The average Bonchev–Trinajstić information content (AvgIpc) is 1.75. The van der Waals surface area contributed by atoms with Gasteiger partial charge in [0.05, 0.1) is 57.1 Å². The molecule has 0 saturated carbocycles. The number of cyclic esters (lactones) is 3. The number of aliphatic hydroxyl groups is 4. The Morgan fingerprint density at radius 2 is 0.804 bits per heavy atom. The number of allylic oxidation sites excluding steroid dienone is 12. The van der Waals surface area contributed by atoms with Crippen LogP contribution < -0.4 is 0 Å². The summed E-state index contributed by atoms with van der Waals surface area (Å²) in [7, 11) is 0. The maximum absolute atomic E-state index is 12.9. The minimum Gasteiger partial charge on any atom is -0.466 e. The Balaban J connectivity index is -0.00000158. The lowest BCUT2D eigenvalue weighted by Crippen LogP contribution is -2.46. The van der Waals surface area contributed by atoms with Gasteiger partial charge in [-0.05, 0) is 128 Å². The number of halogens is 21. The lowest BCUT2D eigenvalue weighted by molar-refractivity contribution is -0.261. The molecule has 7 atom stereocenters. The van der Waals surface area contributed by atoms with E-state index in [-0.39, 0.29) is 77.3 Å². The van der Waals surface area contributed by atoms with Crippen molar-refractivity contribution in [2.24, 2.45) is 5.92 Å². The second-order valence-corrected chi connectivity index (χ2v) is 30.1. The van der Waals surface area contributed by atoms with Crippen LogP contribution in [-0.4, -0.2) is 233 Å². The molecule has 4 aliphatic rings. The van der Waals surface area contributed by atoms with Gasteiger partial charge in [0.2, 0.25) is 17.6 Å². The van der Waals surface area contributed by atoms with E-state index in [1.165, 1.54) is 63.7 Å². The highest BCUT2D eigenvalue weighted by Crippen LogP contribution is 2.38. The predicted molar refractivity (Wildman–Crippen MR) is 487 cm³/mol. The van der Waals surface area contributed by atoms with Crippen molar-refractivity contribution in [3.8, 4) is 0 Å². The first-order chi connectivity index (χ1) is 66.6. The molecule has 3 aromatic carbocycles. The molecular weight excluding hydrogens is 1950 g/mol. The summed E-state index contributed by atoms with van der Waals surface area (Å²) in [6.07, 6.45) is -25.2. The lowest BCUT2D eigenvalue weighted by atomic mass is 9.95. The van der Waals surface area contributed by atoms with Crippen LogP contribution in [0.4, 0.5) is 107 Å². The van der Waals surface area contributed by atoms with E-state index in [1.807, 2.05) is 78.9 Å². The largest absolute Gasteiger partial charge is 0.466 e. The Morgan fingerprint density at radius 1 is 0.462 bits per heavy atom. The van der Waals surface area contributed by atoms with Gasteiger partial charge in [-0.2, -0.15) is 92.2 Å². The number of aliphatic hydroxyl groups excluding tert-OH is 3. The number of Topliss-reactive ketones (excluding diaryl/α,β-unsaturated/α-hetero) is 1. The molecule has 24 nitrogen and oxygen atoms in total. The van der Waals surface area contributed by atoms with Gasteiger partial charge in [0, 0.05) is 72.3 Å². The smallest absolute Gasteiger partial charge is 0.450 e. The van der Waals surface area contributed by atoms with Crippen LogP contribution in [0.2, 0.25) is 0 Å². The van der Waals surface area contributed by atoms with E-state index in [0.29, 0.717) is 50.9 Å². The van der Waals surface area contributed by atoms with Gasteiger partial charge in [0.1, 0.15) is 32.3 Å². The molecular formula is C98H124F21N3O21. The second kappa shape index (κ2) is 69.9. The minimum absolute atomic E-state index is 0.0269. The summed E-state index contributed by atoms with van der Waals surface area (Å²) < 4.78 is 290. The number of carbonyl (C=O) groups is 10. The van der Waals surface area contributed by atoms with Gasteiger partial charge in [-0.1, -0.05) is 173 Å². The molecule has 0 bridgehead atoms. The molecule has 2 unspecified atom stereocenters. The minimum atomic E-state index is -4.95. The highest BCUT2D eigenvalue weighted by Gasteiger charge is 2.54. The van der Waals surface area contributed by atoms with E-state index < -0.39 is 200 Å². The van der Waals surface area contributed by atoms with Crippen molar-refractivity contribution in [3.63, 3.8) is 0 Å². The molecule has 4 heterocycles. The zero-order chi connectivity index (χ0) is 110. The fourth-order valence-electron chi connectivity index (χ4n) is 11.8. The van der Waals surface area contributed by atoms with Crippen molar-refractivity contribution >= 4 is 59.7 Å². The number of benzene rings is 3. The highest BCUT2D eigenvalue weighted by molar-refractivity contribution is 5.99. The van der Waals surface area contributed by atoms with Crippen LogP contribution in [0.25, 0.3) is 0 Å². The fraction of sp³-hybridized carbons (Fsp3) is 0.490. The Labute approximate surface area is 816 Å². The van der Waals surface area contributed by atoms with Crippen LogP contribution in [0.15, 0.2) is 225 Å². The monoisotopic (exact) mass is 2080 g/mol. The molecule has 143 heavy (non-hydrogen) atoms. The third kappa shape index (κ3) is 56.6. The molecule has 3 aromatic rings. The van der Waals surface area contributed by atoms with Gasteiger partial charge < -0.3 is 53.6 Å². The zero-order valence-corrected chi connectivity index (χ0v) is 80.1. The van der Waals surface area contributed by atoms with Crippen LogP contribution in [0.1, 0.15) is 162 Å². The second-order valence-electron chi connectivity index (χ2n) is 30.1. The van der Waals surface area contributed by atoms with Crippen molar-refractivity contribution in [1.82, 2.24) is 14.7 Å². The standard InChI is InChI=1S/C20H22F3NO3.C19H20F3NO4.C13H15NO3.C9H13F3O3.C9H11F3O2.C8H11F3.C7H9F3O.C6H7F3O3.C5H10O.C2H6O/c1-3-7-16(20(21,22)23)11-10-14(2)18(25)24-17(13-27-19(24)26)12-15-8-5-4-6-9-15;1-2-6-14(19(20,21)22)9-10-16(24)17(25)23-15(12-27-18(23)26)11-13-7-4-3-5-8-13;1-2-12(15)14-11(9-17-13(14)16)8-10-6-4-3-5-7-10;1-3-5-8(14,9(10,11)12)6-7(13)15-4-2;1-3-5-7(9(10,11)12)6-8(13)14-4-2;1-3-5-7(6-4-2)8(9,10)11;1-2-3-6(4-5-11)7(8,9)10;1-2-12-5(11)3-4(10)6(7,8)9;1-5-3-2-4-6-5;1-2-3/h3-6,8-9,11,14,17H,1,7,10,12-13H2,2H3;2-5,7-9,15-16,24H,1,6,10-12H2;3-7,11H,2,8-9H2,1H3;3,14H,1,4-6H2,2H3;3,6H,1,4-5H2,2H3;3,6H,1,4-5H2,2H3;2,4,11H,1,3,5H2;2-3H2,1H3;5H,2-4H2,1H3;3H,2H2,1H3/b16-11+;14-9+;;;2*7-6+;6-4+;;;/t14-,17+;15-,16+;11-;;;;;;;/m011......./s1. The summed E-state index contributed by atoms with van der Waals surface area (Å²) in [6, 6.07) is 26.9. The van der Waals surface area contributed by atoms with Gasteiger partial charge in [0.25, 0.3) is 5.91 Å². The summed E-state index contributed by atoms with van der Waals surface area (Å²) in [5, 5.41) is 35.1. The fourth-order valence-corrected chi connectivity index (χ4v) is 11.8. The third-order valence-electron chi connectivity index (χ3n) is 18.7. The van der Waals surface area contributed by atoms with Crippen LogP contribution >= 0.6 is 0 Å². The van der Waals surface area contributed by atoms with Crippen LogP contribution in [0.5, 0.6) is 0 Å². The lowest BCUT2D eigenvalue weighted by Gasteiger charge is -2.28. The number of alkyl halides is 21. The van der Waals surface area contributed by atoms with Crippen molar-refractivity contribution in [2.45, 2.75) is 244 Å². The summed E-state index contributed by atoms with van der Waals surface area (Å²) in [5.74, 6) is -7.77. The molecule has 0 spiro atoms. The topological polar surface area (TPSA) is 326 Å². The molecule has 6 amide bonds. The Morgan fingerprint density at radius 3 is 1.11 bits per heavy atom. The molecule has 4 aliphatic heterocycles. The molecule has 4 N–H and O–H groups in total. The first kappa shape index (κ1) is 135. The number of amides is 6. The van der Waals surface area contributed by atoms with E-state index in [4.69, 9.17) is 29.2 Å². The number of hydrogen-bond acceptors (Lipinski definition) is 21. The van der Waals surface area contributed by atoms with Gasteiger partial charge in [-0.15, -0.1) is 39.5 Å². The van der Waals surface area contributed by atoms with Crippen molar-refractivity contribution in [3.05, 3.63) is 242 Å². The molecule has 0 aliphatic carbocycles. The number of ketones is 1. The van der Waals surface area contributed by atoms with Gasteiger partial charge in [-0.3, -0.25) is 28.8 Å². The summed E-state index contributed by atoms with van der Waals surface area (Å²) >= 11 is 0. The molecule has 4 saturated heterocycles. The van der Waals surface area contributed by atoms with Crippen molar-refractivity contribution in [2.75, 3.05) is 59.5 Å². The normalized spacial score (nSPS) is 16.8. The quantitative estimate of drug-likeness (QED) is 0.0106. The van der Waals surface area contributed by atoms with E-state index in [9.17, 15) is 150 Å². The molecule has 0 aromatic heterocycles. The summed E-state index contributed by atoms with van der Waals surface area (Å²) in [6.45, 7) is 33.4. The van der Waals surface area contributed by atoms with E-state index in [0.717, 1.165) is 75.6 Å². The van der Waals surface area contributed by atoms with Crippen LogP contribution in [-0.2, 0) is 86.0 Å². The number of carbonyl (C=O) groups excluding carboxylic acids is 10. The third-order valence-corrected chi connectivity index (χ3v) is 18.7. The number of nitrogens with zero attached hydrogens (tertiary/aromatic N) is 3. The summed E-state index contributed by atoms with van der Waals surface area (Å²) in [5.41, 5.74) is -4.05. The molecule has 4 fully saturated rings. The van der Waals surface area contributed by atoms with Crippen LogP contribution in [0, 0.1) is 5.92 Å². The SMILES string of the molecule is C=CC/C(=C\C(=O)OCC)C(F)(F)F.C=CC/C(=C\CC)C(F)(F)F.C=CC/C(=C\CO)C(F)(F)F.C=CC/C(=C\C[C@H](C)C(=O)N1C(=O)OC[C@H]1Cc1ccccc1)C(F)(F)F.C=CC/C(=C\C[C@H](O)C(=O)N1C(=O)OC[C@H]1Cc1ccccc1)C(F)(F)F.C=CCC(O)(CC(=O)OCC)C(F)(F)F.CC1CCCO1.CCC(=O)N1C(=O)OC[C@H]1Cc1ccccc1.CCO.CCOC(=O)CC(=O)C(F)(F)F. The Hall–Kier alpha value is -12.0. The molecule has 7 rings (SSSR count). The van der Waals surface area contributed by atoms with Gasteiger partial charge in [0.15, 0.2) is 5.60 Å². The first-order valence-corrected chi connectivity index (χ1v) is 44.1. The highest BCUT2D eigenvalue weighted by atomic mass is 19.4. The van der Waals surface area contributed by atoms with E-state index >= 15 is 0 Å². The molecule has 45 heteroatoms.